The number of carboxylic acids is 1. The Balaban J connectivity index is 1.82. The summed E-state index contributed by atoms with van der Waals surface area (Å²) in [7, 11) is 0. The number of carbonyl (C=O) groups is 2. The summed E-state index contributed by atoms with van der Waals surface area (Å²) in [5, 5.41) is 11.7. The van der Waals surface area contributed by atoms with Gasteiger partial charge >= 0.3 is 12.1 Å². The number of aromatic carboxylic acids is 1. The number of carboxylic acid groups (broad SMARTS) is 1. The lowest BCUT2D eigenvalue weighted by Crippen LogP contribution is -2.40. The fourth-order valence-corrected chi connectivity index (χ4v) is 2.53. The molecular weight excluding hydrogens is 288 g/mol. The van der Waals surface area contributed by atoms with Crippen molar-refractivity contribution in [1.82, 2.24) is 10.3 Å². The molecular formula is C15H22N2O5. The fourth-order valence-electron chi connectivity index (χ4n) is 2.53. The van der Waals surface area contributed by atoms with Gasteiger partial charge < -0.3 is 19.6 Å². The molecule has 0 spiro atoms. The predicted octanol–water partition coefficient (Wildman–Crippen LogP) is 2.92. The van der Waals surface area contributed by atoms with E-state index in [0.29, 0.717) is 5.89 Å². The summed E-state index contributed by atoms with van der Waals surface area (Å²) in [4.78, 5) is 26.5. The molecule has 22 heavy (non-hydrogen) atoms. The zero-order chi connectivity index (χ0) is 16.3. The number of amides is 1. The van der Waals surface area contributed by atoms with Gasteiger partial charge in [-0.3, -0.25) is 0 Å². The van der Waals surface area contributed by atoms with Gasteiger partial charge in [0.15, 0.2) is 11.6 Å². The van der Waals surface area contributed by atoms with E-state index >= 15 is 0 Å². The Hall–Kier alpha value is -2.05. The highest BCUT2D eigenvalue weighted by molar-refractivity contribution is 5.84. The average molecular weight is 310 g/mol. The number of nitrogens with zero attached hydrogens (tertiary/aromatic N) is 1. The third-order valence-corrected chi connectivity index (χ3v) is 3.54. The molecule has 2 N–H and O–H groups in total. The molecule has 1 aromatic rings. The van der Waals surface area contributed by atoms with Crippen molar-refractivity contribution in [2.45, 2.75) is 64.0 Å². The Morgan fingerprint density at radius 2 is 1.95 bits per heavy atom. The lowest BCUT2D eigenvalue weighted by molar-refractivity contribution is 0.0489. The highest BCUT2D eigenvalue weighted by Gasteiger charge is 2.28. The minimum absolute atomic E-state index is 0.0657. The molecule has 1 fully saturated rings. The standard InChI is InChI=1S/C15H22N2O5/c1-15(2,3)22-14(20)16-10-6-4-9(5-7-10)12-17-11(8-21-12)13(18)19/h8-10H,4-7H2,1-3H3,(H,16,20)(H,18,19). The molecule has 1 aromatic heterocycles. The van der Waals surface area contributed by atoms with E-state index in [1.165, 1.54) is 6.26 Å². The molecule has 0 aliphatic heterocycles. The van der Waals surface area contributed by atoms with E-state index in [9.17, 15) is 9.59 Å². The van der Waals surface area contributed by atoms with Gasteiger partial charge in [0.2, 0.25) is 0 Å². The molecule has 1 aliphatic rings. The van der Waals surface area contributed by atoms with Crippen LogP contribution in [0.3, 0.4) is 0 Å². The molecule has 7 heteroatoms. The SMILES string of the molecule is CC(C)(C)OC(=O)NC1CCC(c2nc(C(=O)O)co2)CC1. The predicted molar refractivity (Wildman–Crippen MR) is 77.8 cm³/mol. The summed E-state index contributed by atoms with van der Waals surface area (Å²) >= 11 is 0. The van der Waals surface area contributed by atoms with Crippen LogP contribution < -0.4 is 5.32 Å². The van der Waals surface area contributed by atoms with Crippen LogP contribution in [0.15, 0.2) is 10.7 Å². The molecule has 1 amide bonds. The maximum atomic E-state index is 11.7. The third kappa shape index (κ3) is 4.47. The smallest absolute Gasteiger partial charge is 0.407 e. The van der Waals surface area contributed by atoms with Crippen LogP contribution in [0.4, 0.5) is 4.79 Å². The van der Waals surface area contributed by atoms with Crippen LogP contribution in [0.5, 0.6) is 0 Å². The van der Waals surface area contributed by atoms with Crippen molar-refractivity contribution in [2.24, 2.45) is 0 Å². The number of oxazole rings is 1. The largest absolute Gasteiger partial charge is 0.476 e. The van der Waals surface area contributed by atoms with E-state index in [1.807, 2.05) is 20.8 Å². The topological polar surface area (TPSA) is 102 Å². The second-order valence-electron chi connectivity index (χ2n) is 6.57. The summed E-state index contributed by atoms with van der Waals surface area (Å²) < 4.78 is 10.5. The van der Waals surface area contributed by atoms with Crippen molar-refractivity contribution in [3.8, 4) is 0 Å². The van der Waals surface area contributed by atoms with Crippen LogP contribution in [-0.2, 0) is 4.74 Å². The first kappa shape index (κ1) is 16.3. The Bertz CT molecular complexity index is 538. The van der Waals surface area contributed by atoms with Crippen LogP contribution in [0.25, 0.3) is 0 Å². The molecule has 122 valence electrons. The second kappa shape index (κ2) is 6.37. The average Bonchev–Trinajstić information content (AvgIpc) is 2.87. The summed E-state index contributed by atoms with van der Waals surface area (Å²) in [6, 6.07) is 0.0695. The minimum Gasteiger partial charge on any atom is -0.476 e. The van der Waals surface area contributed by atoms with E-state index < -0.39 is 17.7 Å². The van der Waals surface area contributed by atoms with Gasteiger partial charge in [-0.25, -0.2) is 14.6 Å². The van der Waals surface area contributed by atoms with Crippen molar-refractivity contribution in [2.75, 3.05) is 0 Å². The molecule has 0 aromatic carbocycles. The van der Waals surface area contributed by atoms with E-state index in [-0.39, 0.29) is 17.7 Å². The van der Waals surface area contributed by atoms with Crippen molar-refractivity contribution in [1.29, 1.82) is 0 Å². The van der Waals surface area contributed by atoms with Crippen LogP contribution in [0, 0.1) is 0 Å². The Morgan fingerprint density at radius 3 is 2.45 bits per heavy atom. The van der Waals surface area contributed by atoms with Gasteiger partial charge in [-0.1, -0.05) is 0 Å². The van der Waals surface area contributed by atoms with Gasteiger partial charge in [-0.2, -0.15) is 0 Å². The highest BCUT2D eigenvalue weighted by Crippen LogP contribution is 2.32. The first-order valence-electron chi connectivity index (χ1n) is 7.43. The summed E-state index contributed by atoms with van der Waals surface area (Å²) in [5.41, 5.74) is -0.573. The van der Waals surface area contributed by atoms with E-state index in [0.717, 1.165) is 25.7 Å². The monoisotopic (exact) mass is 310 g/mol. The van der Waals surface area contributed by atoms with Crippen LogP contribution in [-0.4, -0.2) is 33.8 Å². The Labute approximate surface area is 129 Å². The molecule has 1 heterocycles. The number of nitrogens with one attached hydrogen (secondary N) is 1. The first-order valence-corrected chi connectivity index (χ1v) is 7.43. The van der Waals surface area contributed by atoms with Crippen LogP contribution in [0.2, 0.25) is 0 Å². The zero-order valence-electron chi connectivity index (χ0n) is 13.1. The lowest BCUT2D eigenvalue weighted by Gasteiger charge is -2.28. The van der Waals surface area contributed by atoms with E-state index in [1.54, 1.807) is 0 Å². The normalized spacial score (nSPS) is 22.1. The van der Waals surface area contributed by atoms with Gasteiger partial charge in [0, 0.05) is 12.0 Å². The van der Waals surface area contributed by atoms with E-state index in [4.69, 9.17) is 14.3 Å². The number of alkyl carbamates (subject to hydrolysis) is 1. The van der Waals surface area contributed by atoms with Crippen molar-refractivity contribution >= 4 is 12.1 Å². The Kier molecular flexibility index (Phi) is 4.73. The van der Waals surface area contributed by atoms with Crippen molar-refractivity contribution < 1.29 is 23.8 Å². The molecule has 0 unspecified atom stereocenters. The number of carbonyl (C=O) groups excluding carboxylic acids is 1. The summed E-state index contributed by atoms with van der Waals surface area (Å²) in [6.45, 7) is 5.48. The molecule has 0 atom stereocenters. The maximum absolute atomic E-state index is 11.7. The Morgan fingerprint density at radius 1 is 1.32 bits per heavy atom. The molecule has 1 aliphatic carbocycles. The number of hydrogen-bond acceptors (Lipinski definition) is 5. The molecule has 1 saturated carbocycles. The lowest BCUT2D eigenvalue weighted by atomic mass is 9.86. The van der Waals surface area contributed by atoms with Gasteiger partial charge in [0.05, 0.1) is 0 Å². The zero-order valence-corrected chi connectivity index (χ0v) is 13.1. The van der Waals surface area contributed by atoms with Gasteiger partial charge in [0.1, 0.15) is 11.9 Å². The summed E-state index contributed by atoms with van der Waals surface area (Å²) in [6.07, 6.45) is 3.92. The highest BCUT2D eigenvalue weighted by atomic mass is 16.6. The molecule has 0 bridgehead atoms. The van der Waals surface area contributed by atoms with Crippen molar-refractivity contribution in [3.63, 3.8) is 0 Å². The molecule has 2 rings (SSSR count). The second-order valence-corrected chi connectivity index (χ2v) is 6.57. The number of hydrogen-bond donors (Lipinski definition) is 2. The number of ether oxygens (including phenoxy) is 1. The van der Waals surface area contributed by atoms with Crippen LogP contribution >= 0.6 is 0 Å². The number of rotatable bonds is 3. The van der Waals surface area contributed by atoms with Crippen molar-refractivity contribution in [3.05, 3.63) is 17.8 Å². The quantitative estimate of drug-likeness (QED) is 0.890. The van der Waals surface area contributed by atoms with Crippen LogP contribution in [0.1, 0.15) is 68.8 Å². The molecule has 0 saturated heterocycles. The maximum Gasteiger partial charge on any atom is 0.407 e. The first-order chi connectivity index (χ1) is 10.2. The van der Waals surface area contributed by atoms with Gasteiger partial charge in [-0.15, -0.1) is 0 Å². The van der Waals surface area contributed by atoms with Gasteiger partial charge in [0.25, 0.3) is 0 Å². The number of aromatic nitrogens is 1. The van der Waals surface area contributed by atoms with E-state index in [2.05, 4.69) is 10.3 Å². The minimum atomic E-state index is -1.09. The molecule has 7 nitrogen and oxygen atoms in total. The van der Waals surface area contributed by atoms with Gasteiger partial charge in [-0.05, 0) is 46.5 Å². The fraction of sp³-hybridized carbons (Fsp3) is 0.667. The summed E-state index contributed by atoms with van der Waals surface area (Å²) in [5.74, 6) is -0.520. The third-order valence-electron chi connectivity index (χ3n) is 3.54. The molecule has 0 radical (unpaired) electrons.